The van der Waals surface area contributed by atoms with Crippen molar-refractivity contribution in [3.63, 3.8) is 0 Å². The van der Waals surface area contributed by atoms with Crippen LogP contribution in [0, 0.1) is 6.92 Å². The number of nitrogens with one attached hydrogen (secondary N) is 2. The van der Waals surface area contributed by atoms with Gasteiger partial charge in [-0.05, 0) is 43.2 Å². The van der Waals surface area contributed by atoms with E-state index in [0.717, 1.165) is 28.0 Å². The van der Waals surface area contributed by atoms with Gasteiger partial charge in [-0.15, -0.1) is 0 Å². The van der Waals surface area contributed by atoms with Crippen molar-refractivity contribution in [2.24, 2.45) is 10.7 Å². The van der Waals surface area contributed by atoms with E-state index in [-0.39, 0.29) is 6.04 Å². The molecule has 0 amide bonds. The molecule has 1 aromatic heterocycles. The monoisotopic (exact) mass is 375 g/mol. The molecule has 4 N–H and O–H groups in total. The van der Waals surface area contributed by atoms with E-state index in [9.17, 15) is 0 Å². The van der Waals surface area contributed by atoms with Crippen LogP contribution in [-0.2, 0) is 6.54 Å². The van der Waals surface area contributed by atoms with Crippen molar-refractivity contribution in [2.75, 3.05) is 0 Å². The normalized spacial score (nSPS) is 13.2. The SMILES string of the molecule is Cc1cccc2[nH]c(CN=C(N)NC(C)c3ccc(Cl)cc3Cl)nc12. The van der Waals surface area contributed by atoms with E-state index in [1.807, 2.05) is 38.1 Å². The van der Waals surface area contributed by atoms with Crippen molar-refractivity contribution in [2.45, 2.75) is 26.4 Å². The molecule has 5 nitrogen and oxygen atoms in total. The van der Waals surface area contributed by atoms with Gasteiger partial charge in [-0.1, -0.05) is 41.4 Å². The fourth-order valence-electron chi connectivity index (χ4n) is 2.66. The van der Waals surface area contributed by atoms with Crippen molar-refractivity contribution in [3.05, 3.63) is 63.4 Å². The molecule has 0 fully saturated rings. The topological polar surface area (TPSA) is 79.1 Å². The Hall–Kier alpha value is -2.24. The number of guanidine groups is 1. The van der Waals surface area contributed by atoms with Gasteiger partial charge in [0, 0.05) is 10.0 Å². The van der Waals surface area contributed by atoms with Crippen LogP contribution in [0.5, 0.6) is 0 Å². The number of imidazole rings is 1. The molecule has 0 aliphatic rings. The molecule has 2 aromatic carbocycles. The Morgan fingerprint density at radius 3 is 2.84 bits per heavy atom. The third-order valence-corrected chi connectivity index (χ3v) is 4.52. The summed E-state index contributed by atoms with van der Waals surface area (Å²) in [5.74, 6) is 1.10. The number of rotatable bonds is 4. The van der Waals surface area contributed by atoms with Crippen LogP contribution in [-0.4, -0.2) is 15.9 Å². The van der Waals surface area contributed by atoms with Crippen LogP contribution in [0.3, 0.4) is 0 Å². The first-order valence-electron chi connectivity index (χ1n) is 7.89. The molecule has 130 valence electrons. The molecule has 3 aromatic rings. The number of aliphatic imine (C=N–C) groups is 1. The highest BCUT2D eigenvalue weighted by Crippen LogP contribution is 2.26. The lowest BCUT2D eigenvalue weighted by atomic mass is 10.1. The fraction of sp³-hybridized carbons (Fsp3) is 0.222. The van der Waals surface area contributed by atoms with E-state index >= 15 is 0 Å². The second-order valence-corrected chi connectivity index (χ2v) is 6.73. The van der Waals surface area contributed by atoms with Gasteiger partial charge in [0.1, 0.15) is 12.4 Å². The average molecular weight is 376 g/mol. The Morgan fingerprint density at radius 2 is 2.12 bits per heavy atom. The first kappa shape index (κ1) is 17.6. The first-order chi connectivity index (χ1) is 11.9. The molecule has 1 heterocycles. The summed E-state index contributed by atoms with van der Waals surface area (Å²) in [5, 5.41) is 4.32. The van der Waals surface area contributed by atoms with Crippen LogP contribution >= 0.6 is 23.2 Å². The highest BCUT2D eigenvalue weighted by molar-refractivity contribution is 6.35. The number of para-hydroxylation sites is 1. The molecule has 3 rings (SSSR count). The van der Waals surface area contributed by atoms with Crippen molar-refractivity contribution in [1.82, 2.24) is 15.3 Å². The molecule has 1 atom stereocenters. The van der Waals surface area contributed by atoms with Crippen molar-refractivity contribution < 1.29 is 0 Å². The summed E-state index contributed by atoms with van der Waals surface area (Å²) in [7, 11) is 0. The largest absolute Gasteiger partial charge is 0.370 e. The lowest BCUT2D eigenvalue weighted by molar-refractivity contribution is 0.707. The first-order valence-corrected chi connectivity index (χ1v) is 8.65. The van der Waals surface area contributed by atoms with Crippen LogP contribution in [0.25, 0.3) is 11.0 Å². The molecule has 0 radical (unpaired) electrons. The number of nitrogens with two attached hydrogens (primary N) is 1. The fourth-order valence-corrected chi connectivity index (χ4v) is 3.23. The number of benzene rings is 2. The zero-order valence-corrected chi connectivity index (χ0v) is 15.5. The van der Waals surface area contributed by atoms with Gasteiger partial charge in [0.15, 0.2) is 5.96 Å². The number of H-pyrrole nitrogens is 1. The van der Waals surface area contributed by atoms with Crippen LogP contribution in [0.1, 0.15) is 29.9 Å². The van der Waals surface area contributed by atoms with E-state index in [2.05, 4.69) is 20.3 Å². The van der Waals surface area contributed by atoms with E-state index in [1.54, 1.807) is 12.1 Å². The number of aromatic amines is 1. The zero-order valence-electron chi connectivity index (χ0n) is 14.0. The van der Waals surface area contributed by atoms with E-state index in [0.29, 0.717) is 22.5 Å². The van der Waals surface area contributed by atoms with Crippen molar-refractivity contribution in [1.29, 1.82) is 0 Å². The van der Waals surface area contributed by atoms with Gasteiger partial charge in [-0.3, -0.25) is 0 Å². The van der Waals surface area contributed by atoms with Gasteiger partial charge < -0.3 is 16.0 Å². The van der Waals surface area contributed by atoms with Gasteiger partial charge >= 0.3 is 0 Å². The molecule has 7 heteroatoms. The number of aromatic nitrogens is 2. The van der Waals surface area contributed by atoms with Crippen LogP contribution in [0.4, 0.5) is 0 Å². The van der Waals surface area contributed by atoms with Gasteiger partial charge in [0.2, 0.25) is 0 Å². The Kier molecular flexibility index (Phi) is 5.16. The smallest absolute Gasteiger partial charge is 0.189 e. The second kappa shape index (κ2) is 7.33. The molecule has 25 heavy (non-hydrogen) atoms. The summed E-state index contributed by atoms with van der Waals surface area (Å²) in [6.45, 7) is 4.36. The van der Waals surface area contributed by atoms with Gasteiger partial charge in [-0.25, -0.2) is 9.98 Å². The number of aryl methyl sites for hydroxylation is 1. The summed E-state index contributed by atoms with van der Waals surface area (Å²) in [5.41, 5.74) is 9.98. The molecule has 0 aliphatic heterocycles. The van der Waals surface area contributed by atoms with Crippen LogP contribution in [0.15, 0.2) is 41.4 Å². The number of hydrogen-bond acceptors (Lipinski definition) is 2. The minimum atomic E-state index is -0.0913. The zero-order chi connectivity index (χ0) is 18.0. The highest BCUT2D eigenvalue weighted by atomic mass is 35.5. The molecule has 0 spiro atoms. The molecule has 0 aliphatic carbocycles. The molecule has 0 bridgehead atoms. The molecule has 0 saturated carbocycles. The van der Waals surface area contributed by atoms with Gasteiger partial charge in [0.05, 0.1) is 17.1 Å². The van der Waals surface area contributed by atoms with Gasteiger partial charge in [-0.2, -0.15) is 0 Å². The second-order valence-electron chi connectivity index (χ2n) is 5.89. The lowest BCUT2D eigenvalue weighted by Gasteiger charge is -2.16. The van der Waals surface area contributed by atoms with Crippen molar-refractivity contribution in [3.8, 4) is 0 Å². The summed E-state index contributed by atoms with van der Waals surface area (Å²) in [6.07, 6.45) is 0. The lowest BCUT2D eigenvalue weighted by Crippen LogP contribution is -2.34. The van der Waals surface area contributed by atoms with E-state index < -0.39 is 0 Å². The molecular weight excluding hydrogens is 357 g/mol. The number of halogens is 2. The third kappa shape index (κ3) is 4.06. The quantitative estimate of drug-likeness (QED) is 0.468. The Bertz CT molecular complexity index is 932. The number of hydrogen-bond donors (Lipinski definition) is 3. The summed E-state index contributed by atoms with van der Waals surface area (Å²) < 4.78 is 0. The average Bonchev–Trinajstić information content (AvgIpc) is 2.97. The number of nitrogens with zero attached hydrogens (tertiary/aromatic N) is 2. The standard InChI is InChI=1S/C18H19Cl2N5/c1-10-4-3-5-15-17(10)25-16(24-15)9-22-18(21)23-11(2)13-7-6-12(19)8-14(13)20/h3-8,11H,9H2,1-2H3,(H,24,25)(H3,21,22,23). The predicted molar refractivity (Wildman–Crippen MR) is 104 cm³/mol. The Morgan fingerprint density at radius 1 is 1.32 bits per heavy atom. The van der Waals surface area contributed by atoms with E-state index in [4.69, 9.17) is 28.9 Å². The number of fused-ring (bicyclic) bond motifs is 1. The summed E-state index contributed by atoms with van der Waals surface area (Å²) >= 11 is 12.1. The predicted octanol–water partition coefficient (Wildman–Crippen LogP) is 4.34. The Labute approximate surface area is 156 Å². The Balaban J connectivity index is 1.69. The van der Waals surface area contributed by atoms with Crippen LogP contribution in [0.2, 0.25) is 10.0 Å². The third-order valence-electron chi connectivity index (χ3n) is 3.96. The minimum absolute atomic E-state index is 0.0913. The molecule has 1 unspecified atom stereocenters. The highest BCUT2D eigenvalue weighted by Gasteiger charge is 2.11. The maximum atomic E-state index is 6.22. The maximum Gasteiger partial charge on any atom is 0.189 e. The molecular formula is C18H19Cl2N5. The van der Waals surface area contributed by atoms with E-state index in [1.165, 1.54) is 0 Å². The minimum Gasteiger partial charge on any atom is -0.370 e. The summed E-state index contributed by atoms with van der Waals surface area (Å²) in [4.78, 5) is 12.2. The van der Waals surface area contributed by atoms with Gasteiger partial charge in [0.25, 0.3) is 0 Å². The maximum absolute atomic E-state index is 6.22. The van der Waals surface area contributed by atoms with Crippen molar-refractivity contribution >= 4 is 40.2 Å². The molecule has 0 saturated heterocycles. The summed E-state index contributed by atoms with van der Waals surface area (Å²) in [6, 6.07) is 11.3. The van der Waals surface area contributed by atoms with Crippen LogP contribution < -0.4 is 11.1 Å².